The zero-order valence-electron chi connectivity index (χ0n) is 33.8. The van der Waals surface area contributed by atoms with E-state index in [0.717, 1.165) is 34.1 Å². The topological polar surface area (TPSA) is 6.48 Å². The Morgan fingerprint density at radius 3 is 1.30 bits per heavy atom. The lowest BCUT2D eigenvalue weighted by Gasteiger charge is -2.28. The van der Waals surface area contributed by atoms with Gasteiger partial charge in [-0.3, -0.25) is 0 Å². The lowest BCUT2D eigenvalue weighted by Crippen LogP contribution is -2.14. The molecule has 10 rings (SSSR count). The molecule has 0 aliphatic heterocycles. The van der Waals surface area contributed by atoms with Crippen molar-refractivity contribution in [2.45, 2.75) is 13.8 Å². The second-order valence-corrected chi connectivity index (χ2v) is 15.3. The monoisotopic (exact) mass is 768 g/mol. The molecule has 60 heavy (non-hydrogen) atoms. The van der Waals surface area contributed by atoms with E-state index >= 15 is 0 Å². The van der Waals surface area contributed by atoms with Gasteiger partial charge in [-0.25, -0.2) is 0 Å². The summed E-state index contributed by atoms with van der Waals surface area (Å²) in [6.07, 6.45) is 6.39. The fourth-order valence-corrected chi connectivity index (χ4v) is 8.84. The van der Waals surface area contributed by atoms with Crippen LogP contribution in [0.4, 0.5) is 28.4 Å². The van der Waals surface area contributed by atoms with Crippen LogP contribution in [0.1, 0.15) is 13.8 Å². The van der Waals surface area contributed by atoms with E-state index in [2.05, 4.69) is 254 Å². The van der Waals surface area contributed by atoms with E-state index in [0.29, 0.717) is 0 Å². The van der Waals surface area contributed by atoms with Crippen molar-refractivity contribution in [2.24, 2.45) is 0 Å². The van der Waals surface area contributed by atoms with Gasteiger partial charge >= 0.3 is 0 Å². The lowest BCUT2D eigenvalue weighted by molar-refractivity contribution is 1.16. The minimum atomic E-state index is 1.10. The van der Waals surface area contributed by atoms with Gasteiger partial charge in [0.05, 0.1) is 0 Å². The number of para-hydroxylation sites is 3. The molecule has 0 heterocycles. The maximum Gasteiger partial charge on any atom is 0.0468 e. The highest BCUT2D eigenvalue weighted by Crippen LogP contribution is 2.48. The maximum absolute atomic E-state index is 2.41. The highest BCUT2D eigenvalue weighted by atomic mass is 15.1. The number of benzene rings is 10. The first kappa shape index (κ1) is 36.6. The molecule has 10 aromatic carbocycles. The third kappa shape index (κ3) is 6.78. The van der Waals surface area contributed by atoms with Crippen molar-refractivity contribution in [3.05, 3.63) is 236 Å². The summed E-state index contributed by atoms with van der Waals surface area (Å²) in [5, 5.41) is 9.71. The number of hydrogen-bond donors (Lipinski definition) is 0. The SMILES string of the molecule is C/C=C\C=C(/C)N(c1ccccc1)c1ccc2c(-c3ccc4ccccc4c3)c3cc(N(c4ccccc4)c4ccccc4)ccc3c(-c3ccc4ccccc4c3)c2c1. The van der Waals surface area contributed by atoms with E-state index in [-0.39, 0.29) is 0 Å². The molecule has 0 amide bonds. The molecule has 0 aliphatic rings. The van der Waals surface area contributed by atoms with E-state index in [1.165, 1.54) is 65.3 Å². The van der Waals surface area contributed by atoms with Crippen molar-refractivity contribution < 1.29 is 0 Å². The van der Waals surface area contributed by atoms with Gasteiger partial charge in [-0.05, 0) is 158 Å². The highest BCUT2D eigenvalue weighted by molar-refractivity contribution is 6.23. The predicted octanol–water partition coefficient (Wildman–Crippen LogP) is 16.7. The number of nitrogens with zero attached hydrogens (tertiary/aromatic N) is 2. The van der Waals surface area contributed by atoms with Crippen molar-refractivity contribution in [2.75, 3.05) is 9.80 Å². The maximum atomic E-state index is 2.41. The van der Waals surface area contributed by atoms with Gasteiger partial charge in [-0.2, -0.15) is 0 Å². The van der Waals surface area contributed by atoms with E-state index < -0.39 is 0 Å². The quantitative estimate of drug-likeness (QED) is 0.107. The minimum Gasteiger partial charge on any atom is -0.314 e. The molecule has 0 atom stereocenters. The molecule has 0 radical (unpaired) electrons. The van der Waals surface area contributed by atoms with Gasteiger partial charge in [0.25, 0.3) is 0 Å². The fraction of sp³-hybridized carbons (Fsp3) is 0.0345. The van der Waals surface area contributed by atoms with Crippen LogP contribution < -0.4 is 9.80 Å². The second kappa shape index (κ2) is 15.9. The first-order valence-electron chi connectivity index (χ1n) is 20.7. The van der Waals surface area contributed by atoms with Gasteiger partial charge < -0.3 is 9.80 Å². The van der Waals surface area contributed by atoms with Crippen molar-refractivity contribution >= 4 is 71.5 Å². The molecule has 0 unspecified atom stereocenters. The van der Waals surface area contributed by atoms with Crippen LogP contribution in [0.15, 0.2) is 236 Å². The number of anilines is 5. The molecule has 10 aromatic rings. The molecular formula is C58H44N2. The van der Waals surface area contributed by atoms with Gasteiger partial charge in [0.2, 0.25) is 0 Å². The summed E-state index contributed by atoms with van der Waals surface area (Å²) in [6.45, 7) is 4.25. The Morgan fingerprint density at radius 2 is 0.800 bits per heavy atom. The average molecular weight is 769 g/mol. The Hall–Kier alpha value is -7.68. The Morgan fingerprint density at radius 1 is 0.367 bits per heavy atom. The standard InChI is InChI=1S/C58H44N2/c1-3-4-18-41(2)59(48-23-8-5-9-24-48)51-33-35-53-55(39-51)57(46-31-29-42-19-14-16-21-44(42)37-46)54-36-34-52(60(49-25-10-6-11-26-49)50-27-12-7-13-28-50)40-56(54)58(53)47-32-30-43-20-15-17-22-45(43)38-47/h3-40H,1-2H3/b4-3-,41-18+. The average Bonchev–Trinajstić information content (AvgIpc) is 3.31. The molecular weight excluding hydrogens is 725 g/mol. The first-order valence-corrected chi connectivity index (χ1v) is 20.7. The van der Waals surface area contributed by atoms with E-state index in [1.54, 1.807) is 0 Å². The summed E-state index contributed by atoms with van der Waals surface area (Å²) in [7, 11) is 0. The molecule has 0 aromatic heterocycles. The molecule has 0 aliphatic carbocycles. The van der Waals surface area contributed by atoms with Gasteiger partial charge in [0.15, 0.2) is 0 Å². The van der Waals surface area contributed by atoms with Gasteiger partial charge in [-0.1, -0.05) is 152 Å². The van der Waals surface area contributed by atoms with Crippen LogP contribution in [0.5, 0.6) is 0 Å². The Kier molecular flexibility index (Phi) is 9.73. The Labute approximate surface area is 352 Å². The summed E-state index contributed by atoms with van der Waals surface area (Å²) in [6, 6.07) is 77.4. The van der Waals surface area contributed by atoms with Gasteiger partial charge in [0, 0.05) is 34.1 Å². The van der Waals surface area contributed by atoms with E-state index in [4.69, 9.17) is 0 Å². The molecule has 0 spiro atoms. The van der Waals surface area contributed by atoms with Crippen molar-refractivity contribution in [3.8, 4) is 22.3 Å². The van der Waals surface area contributed by atoms with Gasteiger partial charge in [-0.15, -0.1) is 0 Å². The van der Waals surface area contributed by atoms with Crippen LogP contribution in [-0.4, -0.2) is 0 Å². The zero-order chi connectivity index (χ0) is 40.4. The van der Waals surface area contributed by atoms with Crippen LogP contribution in [0.2, 0.25) is 0 Å². The van der Waals surface area contributed by atoms with Crippen LogP contribution >= 0.6 is 0 Å². The molecule has 0 fully saturated rings. The molecule has 0 bridgehead atoms. The van der Waals surface area contributed by atoms with Crippen LogP contribution in [0.3, 0.4) is 0 Å². The number of rotatable bonds is 9. The van der Waals surface area contributed by atoms with Crippen LogP contribution in [-0.2, 0) is 0 Å². The molecule has 0 N–H and O–H groups in total. The summed E-state index contributed by atoms with van der Waals surface area (Å²) in [5.74, 6) is 0. The van der Waals surface area contributed by atoms with Crippen molar-refractivity contribution in [3.63, 3.8) is 0 Å². The predicted molar refractivity (Wildman–Crippen MR) is 259 cm³/mol. The third-order valence-electron chi connectivity index (χ3n) is 11.6. The summed E-state index contributed by atoms with van der Waals surface area (Å²) < 4.78 is 0. The molecule has 0 saturated heterocycles. The summed E-state index contributed by atoms with van der Waals surface area (Å²) in [5.41, 5.74) is 11.5. The number of allylic oxidation sites excluding steroid dienone is 4. The first-order chi connectivity index (χ1) is 29.6. The fourth-order valence-electron chi connectivity index (χ4n) is 8.84. The van der Waals surface area contributed by atoms with Crippen LogP contribution in [0.25, 0.3) is 65.3 Å². The molecule has 286 valence electrons. The largest absolute Gasteiger partial charge is 0.314 e. The summed E-state index contributed by atoms with van der Waals surface area (Å²) in [4.78, 5) is 4.73. The van der Waals surface area contributed by atoms with E-state index in [9.17, 15) is 0 Å². The number of fused-ring (bicyclic) bond motifs is 4. The van der Waals surface area contributed by atoms with Crippen LogP contribution in [0, 0.1) is 0 Å². The molecule has 2 nitrogen and oxygen atoms in total. The Bertz CT molecular complexity index is 3180. The van der Waals surface area contributed by atoms with Crippen molar-refractivity contribution in [1.29, 1.82) is 0 Å². The second-order valence-electron chi connectivity index (χ2n) is 15.3. The number of hydrogen-bond acceptors (Lipinski definition) is 2. The lowest BCUT2D eigenvalue weighted by atomic mass is 9.84. The van der Waals surface area contributed by atoms with Crippen molar-refractivity contribution in [1.82, 2.24) is 0 Å². The Balaban J connectivity index is 1.33. The minimum absolute atomic E-state index is 1.10. The van der Waals surface area contributed by atoms with Gasteiger partial charge in [0.1, 0.15) is 0 Å². The molecule has 0 saturated carbocycles. The van der Waals surface area contributed by atoms with E-state index in [1.807, 2.05) is 0 Å². The third-order valence-corrected chi connectivity index (χ3v) is 11.6. The normalized spacial score (nSPS) is 11.9. The highest BCUT2D eigenvalue weighted by Gasteiger charge is 2.22. The molecule has 2 heteroatoms. The zero-order valence-corrected chi connectivity index (χ0v) is 33.8. The summed E-state index contributed by atoms with van der Waals surface area (Å²) >= 11 is 0. The smallest absolute Gasteiger partial charge is 0.0468 e.